The molecule has 18 heavy (non-hydrogen) atoms. The second-order valence-corrected chi connectivity index (χ2v) is 5.57. The Hall–Kier alpha value is -1.13. The molecule has 1 heterocycles. The number of rotatable bonds is 2. The first-order valence-electron chi connectivity index (χ1n) is 6.58. The van der Waals surface area contributed by atoms with Crippen molar-refractivity contribution in [3.05, 3.63) is 29.6 Å². The van der Waals surface area contributed by atoms with E-state index in [9.17, 15) is 9.50 Å². The molecule has 0 radical (unpaired) electrons. The maximum atomic E-state index is 13.7. The van der Waals surface area contributed by atoms with Crippen molar-refractivity contribution in [1.82, 2.24) is 4.90 Å². The lowest BCUT2D eigenvalue weighted by Crippen LogP contribution is -2.25. The lowest BCUT2D eigenvalue weighted by molar-refractivity contribution is 0.123. The average Bonchev–Trinajstić information content (AvgIpc) is 2.87. The summed E-state index contributed by atoms with van der Waals surface area (Å²) in [4.78, 5) is 2.21. The lowest BCUT2D eigenvalue weighted by atomic mass is 10.00. The van der Waals surface area contributed by atoms with E-state index in [0.29, 0.717) is 29.6 Å². The van der Waals surface area contributed by atoms with Crippen LogP contribution in [0.3, 0.4) is 0 Å². The van der Waals surface area contributed by atoms with Crippen molar-refractivity contribution < 1.29 is 9.50 Å². The molecule has 1 aromatic carbocycles. The quantitative estimate of drug-likeness (QED) is 0.784. The number of aliphatic hydroxyl groups is 1. The number of nitrogen functional groups attached to an aromatic ring is 1. The second kappa shape index (κ2) is 4.52. The van der Waals surface area contributed by atoms with Gasteiger partial charge in [-0.25, -0.2) is 4.39 Å². The summed E-state index contributed by atoms with van der Waals surface area (Å²) >= 11 is 0. The molecule has 98 valence electrons. The Morgan fingerprint density at radius 2 is 2.17 bits per heavy atom. The molecular weight excluding hydrogens is 231 g/mol. The molecule has 0 amide bonds. The summed E-state index contributed by atoms with van der Waals surface area (Å²) < 4.78 is 13.7. The Morgan fingerprint density at radius 3 is 2.89 bits per heavy atom. The molecule has 1 saturated carbocycles. The maximum Gasteiger partial charge on any atom is 0.129 e. The fraction of sp³-hybridized carbons (Fsp3) is 0.571. The zero-order chi connectivity index (χ0) is 12.7. The first-order chi connectivity index (χ1) is 8.65. The maximum absolute atomic E-state index is 13.7. The molecule has 1 aliphatic carbocycles. The van der Waals surface area contributed by atoms with Crippen LogP contribution in [0, 0.1) is 17.7 Å². The second-order valence-electron chi connectivity index (χ2n) is 5.57. The minimum atomic E-state index is -0.229. The lowest BCUT2D eigenvalue weighted by Gasteiger charge is -2.19. The fourth-order valence-electron chi connectivity index (χ4n) is 3.42. The predicted molar refractivity (Wildman–Crippen MR) is 68.3 cm³/mol. The van der Waals surface area contributed by atoms with Crippen molar-refractivity contribution in [3.63, 3.8) is 0 Å². The monoisotopic (exact) mass is 250 g/mol. The van der Waals surface area contributed by atoms with E-state index in [2.05, 4.69) is 4.90 Å². The van der Waals surface area contributed by atoms with Crippen molar-refractivity contribution in [3.8, 4) is 0 Å². The number of hydrogen-bond donors (Lipinski definition) is 2. The fourth-order valence-corrected chi connectivity index (χ4v) is 3.42. The van der Waals surface area contributed by atoms with Crippen molar-refractivity contribution in [2.75, 3.05) is 18.8 Å². The van der Waals surface area contributed by atoms with Crippen LogP contribution < -0.4 is 5.73 Å². The first-order valence-corrected chi connectivity index (χ1v) is 6.58. The summed E-state index contributed by atoms with van der Waals surface area (Å²) in [6.45, 7) is 2.37. The summed E-state index contributed by atoms with van der Waals surface area (Å²) in [5, 5.41) is 9.87. The van der Waals surface area contributed by atoms with E-state index in [1.165, 1.54) is 6.07 Å². The molecule has 1 aliphatic heterocycles. The minimum Gasteiger partial charge on any atom is -0.398 e. The third-order valence-electron chi connectivity index (χ3n) is 4.43. The van der Waals surface area contributed by atoms with Crippen LogP contribution in [0.25, 0.3) is 0 Å². The number of hydrogen-bond acceptors (Lipinski definition) is 3. The SMILES string of the molecule is Nc1cccc(F)c1CN1CC2CCC(O)C2C1. The highest BCUT2D eigenvalue weighted by Crippen LogP contribution is 2.38. The number of benzene rings is 1. The van der Waals surface area contributed by atoms with Gasteiger partial charge in [-0.3, -0.25) is 4.90 Å². The Kier molecular flexibility index (Phi) is 2.99. The molecule has 0 spiro atoms. The van der Waals surface area contributed by atoms with Crippen LogP contribution in [0.4, 0.5) is 10.1 Å². The van der Waals surface area contributed by atoms with Crippen LogP contribution >= 0.6 is 0 Å². The molecule has 4 heteroatoms. The van der Waals surface area contributed by atoms with Gasteiger partial charge in [0.25, 0.3) is 0 Å². The van der Waals surface area contributed by atoms with Gasteiger partial charge in [0.15, 0.2) is 0 Å². The molecule has 3 atom stereocenters. The third kappa shape index (κ3) is 1.99. The first kappa shape index (κ1) is 11.9. The summed E-state index contributed by atoms with van der Waals surface area (Å²) in [6.07, 6.45) is 1.85. The van der Waals surface area contributed by atoms with Crippen LogP contribution in [-0.4, -0.2) is 29.2 Å². The van der Waals surface area contributed by atoms with Gasteiger partial charge in [0.2, 0.25) is 0 Å². The third-order valence-corrected chi connectivity index (χ3v) is 4.43. The van der Waals surface area contributed by atoms with Crippen molar-refractivity contribution >= 4 is 5.69 Å². The highest BCUT2D eigenvalue weighted by atomic mass is 19.1. The van der Waals surface area contributed by atoms with Gasteiger partial charge in [-0.15, -0.1) is 0 Å². The van der Waals surface area contributed by atoms with Crippen molar-refractivity contribution in [2.24, 2.45) is 11.8 Å². The molecule has 3 unspecified atom stereocenters. The number of aliphatic hydroxyl groups excluding tert-OH is 1. The molecule has 2 aliphatic rings. The standard InChI is InChI=1S/C14H19FN2O/c15-12-2-1-3-13(16)11(12)8-17-6-9-4-5-14(18)10(9)7-17/h1-3,9-10,14,18H,4-8,16H2. The van der Waals surface area contributed by atoms with Crippen molar-refractivity contribution in [2.45, 2.75) is 25.5 Å². The van der Waals surface area contributed by atoms with E-state index in [0.717, 1.165) is 25.9 Å². The molecule has 3 nitrogen and oxygen atoms in total. The molecule has 0 aromatic heterocycles. The van der Waals surface area contributed by atoms with Gasteiger partial charge in [0, 0.05) is 36.8 Å². The summed E-state index contributed by atoms with van der Waals surface area (Å²) in [7, 11) is 0. The number of anilines is 1. The Labute approximate surface area is 106 Å². The molecule has 3 N–H and O–H groups in total. The molecule has 1 aromatic rings. The highest BCUT2D eigenvalue weighted by molar-refractivity contribution is 5.47. The number of likely N-dealkylation sites (tertiary alicyclic amines) is 1. The van der Waals surface area contributed by atoms with E-state index >= 15 is 0 Å². The van der Waals surface area contributed by atoms with Gasteiger partial charge in [0.1, 0.15) is 5.82 Å². The summed E-state index contributed by atoms with van der Waals surface area (Å²) in [6, 6.07) is 4.83. The number of nitrogens with zero attached hydrogens (tertiary/aromatic N) is 1. The van der Waals surface area contributed by atoms with Gasteiger partial charge < -0.3 is 10.8 Å². The largest absolute Gasteiger partial charge is 0.398 e. The van der Waals surface area contributed by atoms with Crippen LogP contribution in [0.1, 0.15) is 18.4 Å². The van der Waals surface area contributed by atoms with Gasteiger partial charge in [-0.1, -0.05) is 6.07 Å². The van der Waals surface area contributed by atoms with Gasteiger partial charge in [-0.05, 0) is 30.9 Å². The Bertz CT molecular complexity index is 431. The van der Waals surface area contributed by atoms with Crippen LogP contribution in [0.15, 0.2) is 18.2 Å². The number of fused-ring (bicyclic) bond motifs is 1. The van der Waals surface area contributed by atoms with E-state index in [1.54, 1.807) is 12.1 Å². The van der Waals surface area contributed by atoms with Crippen LogP contribution in [0.5, 0.6) is 0 Å². The normalized spacial score (nSPS) is 31.8. The number of halogens is 1. The van der Waals surface area contributed by atoms with Gasteiger partial charge >= 0.3 is 0 Å². The summed E-state index contributed by atoms with van der Waals surface area (Å²) in [5.74, 6) is 0.721. The van der Waals surface area contributed by atoms with Crippen molar-refractivity contribution in [1.29, 1.82) is 0 Å². The van der Waals surface area contributed by atoms with E-state index in [-0.39, 0.29) is 11.9 Å². The highest BCUT2D eigenvalue weighted by Gasteiger charge is 2.41. The Morgan fingerprint density at radius 1 is 1.33 bits per heavy atom. The van der Waals surface area contributed by atoms with E-state index < -0.39 is 0 Å². The molecule has 1 saturated heterocycles. The van der Waals surface area contributed by atoms with E-state index in [4.69, 9.17) is 5.73 Å². The zero-order valence-electron chi connectivity index (χ0n) is 10.3. The molecular formula is C14H19FN2O. The predicted octanol–water partition coefficient (Wildman–Crippen LogP) is 1.61. The zero-order valence-corrected chi connectivity index (χ0v) is 10.3. The molecule has 0 bridgehead atoms. The smallest absolute Gasteiger partial charge is 0.129 e. The van der Waals surface area contributed by atoms with Crippen LogP contribution in [-0.2, 0) is 6.54 Å². The molecule has 3 rings (SSSR count). The van der Waals surface area contributed by atoms with Gasteiger partial charge in [0.05, 0.1) is 6.10 Å². The van der Waals surface area contributed by atoms with Crippen LogP contribution in [0.2, 0.25) is 0 Å². The molecule has 2 fully saturated rings. The average molecular weight is 250 g/mol. The minimum absolute atomic E-state index is 0.169. The topological polar surface area (TPSA) is 49.5 Å². The summed E-state index contributed by atoms with van der Waals surface area (Å²) in [5.41, 5.74) is 6.94. The Balaban J connectivity index is 1.72. The number of nitrogens with two attached hydrogens (primary N) is 1. The van der Waals surface area contributed by atoms with Gasteiger partial charge in [-0.2, -0.15) is 0 Å². The van der Waals surface area contributed by atoms with E-state index in [1.807, 2.05) is 0 Å².